The molecule has 0 saturated heterocycles. The molecule has 33 heavy (non-hydrogen) atoms. The molecule has 0 spiro atoms. The number of nitrogens with zero attached hydrogens (tertiary/aromatic N) is 1. The average molecular weight is 454 g/mol. The van der Waals surface area contributed by atoms with Crippen LogP contribution in [-0.2, 0) is 6.54 Å². The van der Waals surface area contributed by atoms with Crippen molar-refractivity contribution in [2.75, 3.05) is 24.2 Å². The van der Waals surface area contributed by atoms with Crippen molar-refractivity contribution in [3.05, 3.63) is 75.7 Å². The molecule has 8 nitrogen and oxygen atoms in total. The summed E-state index contributed by atoms with van der Waals surface area (Å²) >= 11 is 0. The van der Waals surface area contributed by atoms with Gasteiger partial charge in [0.05, 0.1) is 23.7 Å². The molecule has 0 aliphatic heterocycles. The fourth-order valence-corrected chi connectivity index (χ4v) is 3.90. The van der Waals surface area contributed by atoms with Gasteiger partial charge in [0.2, 0.25) is 0 Å². The summed E-state index contributed by atoms with van der Waals surface area (Å²) in [5.41, 5.74) is 3.43. The second-order valence-corrected chi connectivity index (χ2v) is 8.09. The average Bonchev–Trinajstić information content (AvgIpc) is 2.78. The Hall–Kier alpha value is -3.55. The maximum Gasteiger partial charge on any atom is 0.251 e. The number of hydrogen-bond donors (Lipinski definition) is 5. The SMILES string of the molecule is C=C(C)C(CC)C(CNc1ccc(C(=O)NCc2nc(C)cc(=O)[nH]2)cc1NC)/C(O)=C\C. The Bertz CT molecular complexity index is 1070. The third-order valence-corrected chi connectivity index (χ3v) is 5.63. The highest BCUT2D eigenvalue weighted by Crippen LogP contribution is 2.30. The number of hydrogen-bond acceptors (Lipinski definition) is 6. The number of allylic oxidation sites excluding steroid dienone is 2. The lowest BCUT2D eigenvalue weighted by atomic mass is 9.83. The molecule has 1 aromatic carbocycles. The number of aliphatic hydroxyl groups is 1. The number of carbonyl (C=O) groups is 1. The van der Waals surface area contributed by atoms with Crippen LogP contribution >= 0.6 is 0 Å². The van der Waals surface area contributed by atoms with Crippen LogP contribution in [-0.4, -0.2) is 34.6 Å². The Morgan fingerprint density at radius 2 is 2.00 bits per heavy atom. The number of anilines is 2. The Balaban J connectivity index is 2.13. The largest absolute Gasteiger partial charge is 0.512 e. The fourth-order valence-electron chi connectivity index (χ4n) is 3.90. The predicted molar refractivity (Wildman–Crippen MR) is 134 cm³/mol. The summed E-state index contributed by atoms with van der Waals surface area (Å²) in [5, 5.41) is 19.8. The van der Waals surface area contributed by atoms with Gasteiger partial charge in [0.25, 0.3) is 11.5 Å². The molecule has 2 rings (SSSR count). The lowest BCUT2D eigenvalue weighted by Crippen LogP contribution is -2.26. The molecule has 1 amide bonds. The number of aromatic nitrogens is 2. The van der Waals surface area contributed by atoms with E-state index in [0.29, 0.717) is 29.4 Å². The molecule has 1 aromatic heterocycles. The van der Waals surface area contributed by atoms with Gasteiger partial charge in [-0.05, 0) is 57.4 Å². The zero-order chi connectivity index (χ0) is 24.5. The summed E-state index contributed by atoms with van der Waals surface area (Å²) < 4.78 is 0. The molecule has 0 radical (unpaired) electrons. The number of aromatic amines is 1. The molecule has 0 saturated carbocycles. The lowest BCUT2D eigenvalue weighted by Gasteiger charge is -2.27. The Morgan fingerprint density at radius 3 is 2.58 bits per heavy atom. The smallest absolute Gasteiger partial charge is 0.251 e. The highest BCUT2D eigenvalue weighted by molar-refractivity contribution is 5.96. The monoisotopic (exact) mass is 453 g/mol. The molecular formula is C25H35N5O3. The molecule has 0 fully saturated rings. The van der Waals surface area contributed by atoms with E-state index < -0.39 is 0 Å². The molecule has 0 aliphatic rings. The summed E-state index contributed by atoms with van der Waals surface area (Å²) in [6, 6.07) is 6.71. The molecule has 2 aromatic rings. The number of benzene rings is 1. The van der Waals surface area contributed by atoms with Crippen molar-refractivity contribution in [2.45, 2.75) is 40.7 Å². The normalized spacial score (nSPS) is 13.2. The molecule has 2 atom stereocenters. The summed E-state index contributed by atoms with van der Waals surface area (Å²) in [7, 11) is 1.78. The van der Waals surface area contributed by atoms with Crippen molar-refractivity contribution in [3.63, 3.8) is 0 Å². The van der Waals surface area contributed by atoms with Gasteiger partial charge in [-0.25, -0.2) is 4.98 Å². The third-order valence-electron chi connectivity index (χ3n) is 5.63. The summed E-state index contributed by atoms with van der Waals surface area (Å²) in [6.45, 7) is 12.3. The molecule has 5 N–H and O–H groups in total. The van der Waals surface area contributed by atoms with Crippen molar-refractivity contribution in [1.29, 1.82) is 0 Å². The van der Waals surface area contributed by atoms with Crippen molar-refractivity contribution in [1.82, 2.24) is 15.3 Å². The number of nitrogens with one attached hydrogen (secondary N) is 4. The van der Waals surface area contributed by atoms with E-state index in [-0.39, 0.29) is 29.8 Å². The van der Waals surface area contributed by atoms with Crippen molar-refractivity contribution in [2.24, 2.45) is 11.8 Å². The Morgan fingerprint density at radius 1 is 1.27 bits per heavy atom. The molecule has 8 heteroatoms. The molecule has 1 heterocycles. The van der Waals surface area contributed by atoms with Crippen molar-refractivity contribution < 1.29 is 9.90 Å². The van der Waals surface area contributed by atoms with Crippen LogP contribution in [0.1, 0.15) is 49.1 Å². The minimum absolute atomic E-state index is 0.103. The number of amides is 1. The van der Waals surface area contributed by atoms with E-state index in [2.05, 4.69) is 39.4 Å². The van der Waals surface area contributed by atoms with Crippen molar-refractivity contribution >= 4 is 17.3 Å². The van der Waals surface area contributed by atoms with Crippen LogP contribution in [0.3, 0.4) is 0 Å². The van der Waals surface area contributed by atoms with E-state index in [0.717, 1.165) is 23.4 Å². The van der Waals surface area contributed by atoms with Crippen LogP contribution < -0.4 is 21.5 Å². The van der Waals surface area contributed by atoms with E-state index in [4.69, 9.17) is 0 Å². The maximum atomic E-state index is 12.6. The van der Waals surface area contributed by atoms with Gasteiger partial charge >= 0.3 is 0 Å². The van der Waals surface area contributed by atoms with Gasteiger partial charge in [-0.2, -0.15) is 0 Å². The standard InChI is InChI=1S/C25H35N5O3/c1-7-18(15(3)4)19(22(31)8-2)13-27-20-10-9-17(12-21(20)26-6)25(33)28-14-23-29-16(5)11-24(32)30-23/h8-12,18-19,26-27,31H,3,7,13-14H2,1-2,4-6H3,(H,28,33)(H,29,30,32)/b22-8+. The third kappa shape index (κ3) is 6.97. The molecule has 178 valence electrons. The number of rotatable bonds is 11. The first-order chi connectivity index (χ1) is 15.7. The van der Waals surface area contributed by atoms with Gasteiger partial charge in [-0.1, -0.05) is 19.1 Å². The highest BCUT2D eigenvalue weighted by Gasteiger charge is 2.24. The van der Waals surface area contributed by atoms with Crippen molar-refractivity contribution in [3.8, 4) is 0 Å². The second kappa shape index (κ2) is 11.9. The Labute approximate surface area is 195 Å². The van der Waals surface area contributed by atoms with Gasteiger partial charge in [0.1, 0.15) is 5.82 Å². The van der Waals surface area contributed by atoms with Gasteiger partial charge in [0, 0.05) is 36.8 Å². The first kappa shape index (κ1) is 25.7. The highest BCUT2D eigenvalue weighted by atomic mass is 16.3. The minimum Gasteiger partial charge on any atom is -0.512 e. The molecule has 2 unspecified atom stereocenters. The number of aryl methyl sites for hydroxylation is 1. The number of carbonyl (C=O) groups excluding carboxylic acids is 1. The van der Waals surface area contributed by atoms with E-state index in [1.807, 2.05) is 19.9 Å². The van der Waals surface area contributed by atoms with Crippen LogP contribution in [0.2, 0.25) is 0 Å². The van der Waals surface area contributed by atoms with Gasteiger partial charge in [-0.3, -0.25) is 9.59 Å². The van der Waals surface area contributed by atoms with Gasteiger partial charge < -0.3 is 26.0 Å². The topological polar surface area (TPSA) is 119 Å². The van der Waals surface area contributed by atoms with E-state index >= 15 is 0 Å². The zero-order valence-electron chi connectivity index (χ0n) is 20.1. The van der Waals surface area contributed by atoms with Crippen LogP contribution in [0.5, 0.6) is 0 Å². The van der Waals surface area contributed by atoms with E-state index in [9.17, 15) is 14.7 Å². The Kier molecular flexibility index (Phi) is 9.27. The first-order valence-corrected chi connectivity index (χ1v) is 11.1. The zero-order valence-corrected chi connectivity index (χ0v) is 20.1. The molecular weight excluding hydrogens is 418 g/mol. The van der Waals surface area contributed by atoms with Gasteiger partial charge in [0.15, 0.2) is 0 Å². The number of aliphatic hydroxyl groups excluding tert-OH is 1. The molecule has 0 aliphatic carbocycles. The van der Waals surface area contributed by atoms with Crippen LogP contribution in [0.25, 0.3) is 0 Å². The summed E-state index contributed by atoms with van der Waals surface area (Å²) in [4.78, 5) is 31.0. The minimum atomic E-state index is -0.278. The maximum absolute atomic E-state index is 12.6. The first-order valence-electron chi connectivity index (χ1n) is 11.1. The molecule has 0 bridgehead atoms. The van der Waals surface area contributed by atoms with Gasteiger partial charge in [-0.15, -0.1) is 0 Å². The fraction of sp³-hybridized carbons (Fsp3) is 0.400. The van der Waals surface area contributed by atoms with Crippen LogP contribution in [0.15, 0.2) is 53.0 Å². The number of H-pyrrole nitrogens is 1. The van der Waals surface area contributed by atoms with Crippen LogP contribution in [0.4, 0.5) is 11.4 Å². The van der Waals surface area contributed by atoms with Crippen LogP contribution in [0, 0.1) is 18.8 Å². The predicted octanol–water partition coefficient (Wildman–Crippen LogP) is 4.14. The quantitative estimate of drug-likeness (QED) is 0.258. The van der Waals surface area contributed by atoms with E-state index in [1.54, 1.807) is 32.2 Å². The summed E-state index contributed by atoms with van der Waals surface area (Å²) in [6.07, 6.45) is 2.60. The van der Waals surface area contributed by atoms with E-state index in [1.165, 1.54) is 6.07 Å². The summed E-state index contributed by atoms with van der Waals surface area (Å²) in [5.74, 6) is 0.507. The second-order valence-electron chi connectivity index (χ2n) is 8.09. The lowest BCUT2D eigenvalue weighted by molar-refractivity contribution is 0.0950.